The van der Waals surface area contributed by atoms with Crippen LogP contribution in [0.15, 0.2) is 30.6 Å². The van der Waals surface area contributed by atoms with E-state index in [9.17, 15) is 10.1 Å². The molecule has 0 bridgehead atoms. The molecule has 0 saturated heterocycles. The molecule has 0 fully saturated rings. The number of hydrogen-bond donors (Lipinski definition) is 1. The number of nitrogens with zero attached hydrogens (tertiary/aromatic N) is 6. The van der Waals surface area contributed by atoms with Crippen molar-refractivity contribution in [2.75, 3.05) is 11.9 Å². The smallest absolute Gasteiger partial charge is 0.355 e. The summed E-state index contributed by atoms with van der Waals surface area (Å²) in [6.07, 6.45) is 19.5. The van der Waals surface area contributed by atoms with Gasteiger partial charge in [-0.15, -0.1) is 5.10 Å². The lowest BCUT2D eigenvalue weighted by Gasteiger charge is -2.09. The number of fused-ring (bicyclic) bond motifs is 1. The fourth-order valence-corrected chi connectivity index (χ4v) is 4.37. The molecular formula is C26H39N7O2. The summed E-state index contributed by atoms with van der Waals surface area (Å²) in [6, 6.07) is 7.30. The highest BCUT2D eigenvalue weighted by Gasteiger charge is 2.26. The molecule has 2 heterocycles. The monoisotopic (exact) mass is 481 g/mol. The predicted molar refractivity (Wildman–Crippen MR) is 140 cm³/mol. The first kappa shape index (κ1) is 26.5. The summed E-state index contributed by atoms with van der Waals surface area (Å²) in [4.78, 5) is 19.7. The number of anilines is 1. The van der Waals surface area contributed by atoms with Crippen LogP contribution in [0.3, 0.4) is 0 Å². The van der Waals surface area contributed by atoms with Crippen molar-refractivity contribution >= 4 is 22.5 Å². The molecule has 0 aliphatic rings. The van der Waals surface area contributed by atoms with Crippen molar-refractivity contribution in [2.24, 2.45) is 0 Å². The van der Waals surface area contributed by atoms with Gasteiger partial charge >= 0.3 is 5.69 Å². The molecule has 3 rings (SSSR count). The van der Waals surface area contributed by atoms with Crippen molar-refractivity contribution in [1.29, 1.82) is 0 Å². The van der Waals surface area contributed by atoms with Gasteiger partial charge in [-0.3, -0.25) is 10.1 Å². The fourth-order valence-electron chi connectivity index (χ4n) is 4.37. The highest BCUT2D eigenvalue weighted by Crippen LogP contribution is 2.29. The summed E-state index contributed by atoms with van der Waals surface area (Å²) in [5, 5.41) is 23.1. The zero-order valence-electron chi connectivity index (χ0n) is 21.0. The van der Waals surface area contributed by atoms with Crippen LogP contribution in [0.25, 0.3) is 16.9 Å². The minimum atomic E-state index is -0.459. The van der Waals surface area contributed by atoms with Gasteiger partial charge in [-0.25, -0.2) is 9.97 Å². The van der Waals surface area contributed by atoms with Crippen LogP contribution in [-0.4, -0.2) is 36.4 Å². The molecule has 0 atom stereocenters. The number of unbranched alkanes of at least 4 members (excludes halogenated alkanes) is 13. The number of nitrogens with one attached hydrogen (secondary N) is 1. The van der Waals surface area contributed by atoms with Crippen molar-refractivity contribution in [1.82, 2.24) is 25.0 Å². The number of rotatable bonds is 18. The van der Waals surface area contributed by atoms with E-state index in [1.807, 2.05) is 18.2 Å². The van der Waals surface area contributed by atoms with Gasteiger partial charge in [0.25, 0.3) is 0 Å². The lowest BCUT2D eigenvalue weighted by molar-refractivity contribution is -0.384. The van der Waals surface area contributed by atoms with Crippen LogP contribution in [0.4, 0.5) is 11.5 Å². The Hall–Kier alpha value is -3.10. The van der Waals surface area contributed by atoms with E-state index in [0.717, 1.165) is 12.8 Å². The second-order valence-corrected chi connectivity index (χ2v) is 9.16. The molecule has 2 aromatic heterocycles. The van der Waals surface area contributed by atoms with Crippen LogP contribution in [0.5, 0.6) is 0 Å². The second kappa shape index (κ2) is 15.0. The Morgan fingerprint density at radius 2 is 1.46 bits per heavy atom. The van der Waals surface area contributed by atoms with Crippen LogP contribution in [-0.2, 0) is 0 Å². The number of hydrogen-bond acceptors (Lipinski definition) is 7. The number of nitro groups is 1. The molecule has 1 N–H and O–H groups in total. The molecule has 0 radical (unpaired) electrons. The molecule has 0 unspecified atom stereocenters. The molecule has 0 aliphatic carbocycles. The van der Waals surface area contributed by atoms with Gasteiger partial charge in [-0.2, -0.15) is 4.68 Å². The summed E-state index contributed by atoms with van der Waals surface area (Å²) in [5.74, 6) is 0.330. The Balaban J connectivity index is 1.36. The van der Waals surface area contributed by atoms with E-state index >= 15 is 0 Å². The topological polar surface area (TPSA) is 112 Å². The van der Waals surface area contributed by atoms with Crippen LogP contribution in [0.2, 0.25) is 0 Å². The zero-order chi connectivity index (χ0) is 24.7. The maximum Gasteiger partial charge on any atom is 0.355 e. The third kappa shape index (κ3) is 8.26. The van der Waals surface area contributed by atoms with E-state index in [-0.39, 0.29) is 17.3 Å². The molecule has 9 heteroatoms. The van der Waals surface area contributed by atoms with Gasteiger partial charge in [0.1, 0.15) is 11.8 Å². The standard InChI is InChI=1S/C26H39N7O2/c1-2-3-4-5-6-7-8-9-10-11-12-13-14-17-20-27-25-24(33(34)35)26(29-21-28-25)32-23-19-16-15-18-22(23)30-31-32/h15-16,18-19,21H,2-14,17,20H2,1H3,(H,27,28,29). The molecule has 9 nitrogen and oxygen atoms in total. The molecule has 1 aromatic carbocycles. The summed E-state index contributed by atoms with van der Waals surface area (Å²) in [6.45, 7) is 2.90. The quantitative estimate of drug-likeness (QED) is 0.118. The van der Waals surface area contributed by atoms with Gasteiger partial charge in [-0.05, 0) is 18.6 Å². The van der Waals surface area contributed by atoms with Crippen molar-refractivity contribution in [3.05, 3.63) is 40.7 Å². The molecule has 0 spiro atoms. The summed E-state index contributed by atoms with van der Waals surface area (Å²) in [5.41, 5.74) is 1.12. The van der Waals surface area contributed by atoms with Crippen LogP contribution >= 0.6 is 0 Å². The van der Waals surface area contributed by atoms with E-state index in [1.54, 1.807) is 6.07 Å². The number of aromatic nitrogens is 5. The van der Waals surface area contributed by atoms with Crippen molar-refractivity contribution in [2.45, 2.75) is 96.8 Å². The second-order valence-electron chi connectivity index (χ2n) is 9.16. The Labute approximate surface area is 207 Å². The minimum absolute atomic E-state index is 0.113. The lowest BCUT2D eigenvalue weighted by Crippen LogP contribution is -2.11. The van der Waals surface area contributed by atoms with Gasteiger partial charge in [-0.1, -0.05) is 108 Å². The van der Waals surface area contributed by atoms with Crippen LogP contribution < -0.4 is 5.32 Å². The summed E-state index contributed by atoms with van der Waals surface area (Å²) >= 11 is 0. The third-order valence-corrected chi connectivity index (χ3v) is 6.36. The number of para-hydroxylation sites is 1. The molecule has 3 aromatic rings. The van der Waals surface area contributed by atoms with E-state index < -0.39 is 4.92 Å². The SMILES string of the molecule is CCCCCCCCCCCCCCCCNc1ncnc(-n2nnc3ccccc32)c1[N+](=O)[O-]. The third-order valence-electron chi connectivity index (χ3n) is 6.36. The van der Waals surface area contributed by atoms with E-state index in [2.05, 4.69) is 32.5 Å². The van der Waals surface area contributed by atoms with Crippen molar-refractivity contribution in [3.63, 3.8) is 0 Å². The summed E-state index contributed by atoms with van der Waals surface area (Å²) < 4.78 is 1.40. The normalized spacial score (nSPS) is 11.2. The van der Waals surface area contributed by atoms with Gasteiger partial charge < -0.3 is 5.32 Å². The Morgan fingerprint density at radius 3 is 2.09 bits per heavy atom. The maximum absolute atomic E-state index is 11.9. The predicted octanol–water partition coefficient (Wildman–Crippen LogP) is 7.01. The minimum Gasteiger partial charge on any atom is -0.364 e. The Morgan fingerprint density at radius 1 is 0.857 bits per heavy atom. The van der Waals surface area contributed by atoms with E-state index in [4.69, 9.17) is 0 Å². The molecule has 0 amide bonds. The van der Waals surface area contributed by atoms with E-state index in [1.165, 1.54) is 88.1 Å². The number of benzene rings is 1. The molecular weight excluding hydrogens is 442 g/mol. The van der Waals surface area contributed by atoms with Gasteiger partial charge in [0, 0.05) is 6.54 Å². The van der Waals surface area contributed by atoms with E-state index in [0.29, 0.717) is 17.6 Å². The first-order valence-electron chi connectivity index (χ1n) is 13.3. The average molecular weight is 482 g/mol. The molecule has 0 aliphatic heterocycles. The highest BCUT2D eigenvalue weighted by atomic mass is 16.6. The molecule has 190 valence electrons. The first-order valence-corrected chi connectivity index (χ1v) is 13.3. The van der Waals surface area contributed by atoms with Gasteiger partial charge in [0.05, 0.1) is 10.4 Å². The van der Waals surface area contributed by atoms with Crippen LogP contribution in [0.1, 0.15) is 96.8 Å². The first-order chi connectivity index (χ1) is 17.2. The molecule has 35 heavy (non-hydrogen) atoms. The van der Waals surface area contributed by atoms with Crippen molar-refractivity contribution < 1.29 is 4.92 Å². The molecule has 0 saturated carbocycles. The average Bonchev–Trinajstić information content (AvgIpc) is 3.30. The zero-order valence-corrected chi connectivity index (χ0v) is 21.0. The summed E-state index contributed by atoms with van der Waals surface area (Å²) in [7, 11) is 0. The highest BCUT2D eigenvalue weighted by molar-refractivity contribution is 5.77. The van der Waals surface area contributed by atoms with Gasteiger partial charge in [0.2, 0.25) is 11.6 Å². The maximum atomic E-state index is 11.9. The fraction of sp³-hybridized carbons (Fsp3) is 0.615. The Bertz CT molecular complexity index is 1040. The van der Waals surface area contributed by atoms with Crippen molar-refractivity contribution in [3.8, 4) is 5.82 Å². The lowest BCUT2D eigenvalue weighted by atomic mass is 10.0. The largest absolute Gasteiger partial charge is 0.364 e. The van der Waals surface area contributed by atoms with Crippen LogP contribution in [0, 0.1) is 10.1 Å². The van der Waals surface area contributed by atoms with Gasteiger partial charge in [0.15, 0.2) is 0 Å². The Kier molecular flexibility index (Phi) is 11.4.